The molecule has 0 heterocycles. The Labute approximate surface area is 101 Å². The number of nitro groups is 1. The van der Waals surface area contributed by atoms with E-state index >= 15 is 0 Å². The number of hydrogen-bond donors (Lipinski definition) is 1. The smallest absolute Gasteiger partial charge is 0.272 e. The van der Waals surface area contributed by atoms with Crippen LogP contribution < -0.4 is 10.1 Å². The molecule has 0 aliphatic rings. The van der Waals surface area contributed by atoms with Crippen LogP contribution in [0.3, 0.4) is 0 Å². The van der Waals surface area contributed by atoms with Gasteiger partial charge in [0, 0.05) is 18.2 Å². The van der Waals surface area contributed by atoms with Crippen LogP contribution in [0.5, 0.6) is 5.75 Å². The Bertz CT molecular complexity index is 418. The fourth-order valence-corrected chi connectivity index (χ4v) is 1.64. The fraction of sp³-hybridized carbons (Fsp3) is 0.500. The Hall–Kier alpha value is -1.62. The second kappa shape index (κ2) is 5.63. The third kappa shape index (κ3) is 3.42. The molecule has 0 spiro atoms. The molecule has 1 aromatic carbocycles. The Morgan fingerprint density at radius 1 is 1.41 bits per heavy atom. The summed E-state index contributed by atoms with van der Waals surface area (Å²) in [6.07, 6.45) is 0.0274. The van der Waals surface area contributed by atoms with Crippen LogP contribution in [0.2, 0.25) is 0 Å². The molecule has 0 fully saturated rings. The van der Waals surface area contributed by atoms with Gasteiger partial charge in [-0.25, -0.2) is 0 Å². The number of nitrogens with zero attached hydrogens (tertiary/aromatic N) is 1. The second-order valence-corrected chi connectivity index (χ2v) is 4.15. The van der Waals surface area contributed by atoms with Crippen molar-refractivity contribution in [3.05, 3.63) is 33.4 Å². The zero-order valence-electron chi connectivity index (χ0n) is 10.6. The molecule has 0 amide bonds. The molecule has 0 bridgehead atoms. The van der Waals surface area contributed by atoms with Crippen molar-refractivity contribution in [1.82, 2.24) is 5.32 Å². The fourth-order valence-electron chi connectivity index (χ4n) is 1.64. The Kier molecular flexibility index (Phi) is 4.45. The molecule has 0 saturated heterocycles. The Balaban J connectivity index is 2.95. The summed E-state index contributed by atoms with van der Waals surface area (Å²) in [5.41, 5.74) is 1.54. The quantitative estimate of drug-likeness (QED) is 0.631. The molecule has 0 aliphatic heterocycles. The number of hydrogen-bond acceptors (Lipinski definition) is 4. The second-order valence-electron chi connectivity index (χ2n) is 4.15. The topological polar surface area (TPSA) is 64.4 Å². The highest BCUT2D eigenvalue weighted by molar-refractivity contribution is 5.49. The summed E-state index contributed by atoms with van der Waals surface area (Å²) in [4.78, 5) is 10.4. The van der Waals surface area contributed by atoms with Gasteiger partial charge in [0.15, 0.2) is 0 Å². The number of benzene rings is 1. The predicted octanol–water partition coefficient (Wildman–Crippen LogP) is 2.20. The van der Waals surface area contributed by atoms with Gasteiger partial charge in [0.05, 0.1) is 4.92 Å². The summed E-state index contributed by atoms with van der Waals surface area (Å²) in [6, 6.07) is 3.27. The van der Waals surface area contributed by atoms with E-state index < -0.39 is 0 Å². The standard InChI is InChI=1S/C12H18N2O3/c1-8-6-12(17-10(3)7-13-4)9(2)5-11(8)14(15)16/h5-6,10,13H,7H2,1-4H3. The van der Waals surface area contributed by atoms with Gasteiger partial charge in [0.2, 0.25) is 0 Å². The molecular weight excluding hydrogens is 220 g/mol. The van der Waals surface area contributed by atoms with Crippen molar-refractivity contribution in [3.63, 3.8) is 0 Å². The van der Waals surface area contributed by atoms with E-state index in [1.807, 2.05) is 20.9 Å². The van der Waals surface area contributed by atoms with Crippen molar-refractivity contribution in [2.75, 3.05) is 13.6 Å². The average Bonchev–Trinajstić information content (AvgIpc) is 2.22. The van der Waals surface area contributed by atoms with E-state index in [4.69, 9.17) is 4.74 Å². The van der Waals surface area contributed by atoms with Crippen molar-refractivity contribution < 1.29 is 9.66 Å². The molecule has 1 N–H and O–H groups in total. The molecule has 1 rings (SSSR count). The molecule has 0 radical (unpaired) electrons. The van der Waals surface area contributed by atoms with Gasteiger partial charge < -0.3 is 10.1 Å². The van der Waals surface area contributed by atoms with Crippen molar-refractivity contribution in [1.29, 1.82) is 0 Å². The first-order valence-corrected chi connectivity index (χ1v) is 5.52. The molecule has 1 atom stereocenters. The lowest BCUT2D eigenvalue weighted by Crippen LogP contribution is -2.26. The van der Waals surface area contributed by atoms with Crippen LogP contribution in [0.25, 0.3) is 0 Å². The summed E-state index contributed by atoms with van der Waals surface area (Å²) < 4.78 is 5.72. The number of nitro benzene ring substituents is 1. The van der Waals surface area contributed by atoms with E-state index in [1.54, 1.807) is 19.1 Å². The van der Waals surface area contributed by atoms with Gasteiger partial charge in [-0.15, -0.1) is 0 Å². The minimum atomic E-state index is -0.372. The lowest BCUT2D eigenvalue weighted by Gasteiger charge is -2.16. The molecule has 5 nitrogen and oxygen atoms in total. The van der Waals surface area contributed by atoms with E-state index in [1.165, 1.54) is 0 Å². The van der Waals surface area contributed by atoms with Crippen LogP contribution in [0.15, 0.2) is 12.1 Å². The first kappa shape index (κ1) is 13.4. The van der Waals surface area contributed by atoms with Gasteiger partial charge in [-0.2, -0.15) is 0 Å². The molecular formula is C12H18N2O3. The minimum Gasteiger partial charge on any atom is -0.489 e. The maximum Gasteiger partial charge on any atom is 0.272 e. The number of ether oxygens (including phenoxy) is 1. The van der Waals surface area contributed by atoms with Gasteiger partial charge in [0.25, 0.3) is 5.69 Å². The van der Waals surface area contributed by atoms with Gasteiger partial charge in [0.1, 0.15) is 11.9 Å². The molecule has 1 unspecified atom stereocenters. The number of aryl methyl sites for hydroxylation is 2. The molecule has 5 heteroatoms. The van der Waals surface area contributed by atoms with Crippen LogP contribution in [0, 0.1) is 24.0 Å². The molecule has 94 valence electrons. The predicted molar refractivity (Wildman–Crippen MR) is 66.6 cm³/mol. The van der Waals surface area contributed by atoms with Crippen LogP contribution >= 0.6 is 0 Å². The zero-order valence-corrected chi connectivity index (χ0v) is 10.6. The summed E-state index contributed by atoms with van der Waals surface area (Å²) in [6.45, 7) is 6.21. The van der Waals surface area contributed by atoms with Crippen LogP contribution in [0.1, 0.15) is 18.1 Å². The van der Waals surface area contributed by atoms with Crippen molar-refractivity contribution in [3.8, 4) is 5.75 Å². The van der Waals surface area contributed by atoms with Gasteiger partial charge >= 0.3 is 0 Å². The van der Waals surface area contributed by atoms with Crippen LogP contribution in [0.4, 0.5) is 5.69 Å². The highest BCUT2D eigenvalue weighted by Gasteiger charge is 2.15. The Morgan fingerprint density at radius 2 is 2.06 bits per heavy atom. The first-order valence-electron chi connectivity index (χ1n) is 5.52. The molecule has 0 aromatic heterocycles. The monoisotopic (exact) mass is 238 g/mol. The maximum absolute atomic E-state index is 10.8. The van der Waals surface area contributed by atoms with Crippen molar-refractivity contribution in [2.24, 2.45) is 0 Å². The normalized spacial score (nSPS) is 12.2. The highest BCUT2D eigenvalue weighted by atomic mass is 16.6. The van der Waals surface area contributed by atoms with Crippen molar-refractivity contribution in [2.45, 2.75) is 26.9 Å². The largest absolute Gasteiger partial charge is 0.489 e. The summed E-state index contributed by atoms with van der Waals surface area (Å²) in [5.74, 6) is 0.704. The van der Waals surface area contributed by atoms with Gasteiger partial charge in [-0.05, 0) is 39.4 Å². The molecule has 0 aliphatic carbocycles. The van der Waals surface area contributed by atoms with E-state index in [2.05, 4.69) is 5.32 Å². The number of rotatable bonds is 5. The lowest BCUT2D eigenvalue weighted by molar-refractivity contribution is -0.385. The SMILES string of the molecule is CNCC(C)Oc1cc(C)c([N+](=O)[O-])cc1C. The summed E-state index contributed by atoms with van der Waals surface area (Å²) in [7, 11) is 1.85. The van der Waals surface area contributed by atoms with E-state index in [0.29, 0.717) is 11.3 Å². The molecule has 17 heavy (non-hydrogen) atoms. The number of nitrogens with one attached hydrogen (secondary N) is 1. The highest BCUT2D eigenvalue weighted by Crippen LogP contribution is 2.28. The molecule has 0 saturated carbocycles. The van der Waals surface area contributed by atoms with E-state index in [9.17, 15) is 10.1 Å². The Morgan fingerprint density at radius 3 is 2.59 bits per heavy atom. The van der Waals surface area contributed by atoms with Crippen molar-refractivity contribution >= 4 is 5.69 Å². The summed E-state index contributed by atoms with van der Waals surface area (Å²) >= 11 is 0. The lowest BCUT2D eigenvalue weighted by atomic mass is 10.1. The number of likely N-dealkylation sites (N-methyl/N-ethyl adjacent to an activating group) is 1. The summed E-state index contributed by atoms with van der Waals surface area (Å²) in [5, 5.41) is 13.8. The van der Waals surface area contributed by atoms with Crippen LogP contribution in [-0.2, 0) is 0 Å². The maximum atomic E-state index is 10.8. The average molecular weight is 238 g/mol. The third-order valence-corrected chi connectivity index (χ3v) is 2.51. The van der Waals surface area contributed by atoms with Crippen LogP contribution in [-0.4, -0.2) is 24.6 Å². The van der Waals surface area contributed by atoms with Gasteiger partial charge in [-0.1, -0.05) is 0 Å². The van der Waals surface area contributed by atoms with E-state index in [-0.39, 0.29) is 16.7 Å². The minimum absolute atomic E-state index is 0.0274. The first-order chi connectivity index (χ1) is 7.95. The van der Waals surface area contributed by atoms with Gasteiger partial charge in [-0.3, -0.25) is 10.1 Å². The molecule has 1 aromatic rings. The van der Waals surface area contributed by atoms with E-state index in [0.717, 1.165) is 12.1 Å². The zero-order chi connectivity index (χ0) is 13.0. The third-order valence-electron chi connectivity index (χ3n) is 2.51.